The Labute approximate surface area is 302 Å². The number of benzene rings is 4. The van der Waals surface area contributed by atoms with Crippen LogP contribution in [-0.4, -0.2) is 50.8 Å². The number of aliphatic imine (C=N–C) groups is 2. The Bertz CT molecular complexity index is 1520. The smallest absolute Gasteiger partial charge is 0.338 e. The molecule has 0 aliphatic rings. The summed E-state index contributed by atoms with van der Waals surface area (Å²) < 4.78 is 22.3. The Morgan fingerprint density at radius 1 is 0.471 bits per heavy atom. The maximum Gasteiger partial charge on any atom is 0.338 e. The van der Waals surface area contributed by atoms with Crippen LogP contribution in [0.2, 0.25) is 0 Å². The number of nitrogens with zero attached hydrogens (tertiary/aromatic N) is 2. The molecule has 0 radical (unpaired) electrons. The third-order valence-electron chi connectivity index (χ3n) is 7.98. The van der Waals surface area contributed by atoms with Gasteiger partial charge >= 0.3 is 11.9 Å². The standard InChI is InChI=1S/C43H50N2O6/c1-3-5-7-9-28-48-40-24-12-34(13-25-40)32-44-38-20-16-36(17-21-38)42(46)50-30-11-31-51-43(47)37-18-22-39(23-19-37)45-33-35-14-26-41(27-15-35)49-29-10-8-6-4-2/h12-27,32-33H,3-11,28-31H2,1-2H3. The quantitative estimate of drug-likeness (QED) is 0.0463. The highest BCUT2D eigenvalue weighted by atomic mass is 16.5. The van der Waals surface area contributed by atoms with Crippen molar-refractivity contribution >= 4 is 35.7 Å². The van der Waals surface area contributed by atoms with E-state index in [2.05, 4.69) is 23.8 Å². The minimum absolute atomic E-state index is 0.129. The molecule has 0 heterocycles. The van der Waals surface area contributed by atoms with Gasteiger partial charge in [-0.2, -0.15) is 0 Å². The van der Waals surface area contributed by atoms with E-state index in [-0.39, 0.29) is 13.2 Å². The van der Waals surface area contributed by atoms with Crippen molar-refractivity contribution in [1.29, 1.82) is 0 Å². The van der Waals surface area contributed by atoms with Crippen LogP contribution in [0, 0.1) is 0 Å². The van der Waals surface area contributed by atoms with Crippen LogP contribution in [0.5, 0.6) is 11.5 Å². The van der Waals surface area contributed by atoms with Crippen LogP contribution in [0.4, 0.5) is 11.4 Å². The van der Waals surface area contributed by atoms with Crippen molar-refractivity contribution in [3.8, 4) is 11.5 Å². The number of esters is 2. The first-order valence-electron chi connectivity index (χ1n) is 18.1. The molecule has 0 fully saturated rings. The lowest BCUT2D eigenvalue weighted by Crippen LogP contribution is -2.11. The van der Waals surface area contributed by atoms with Gasteiger partial charge in [-0.15, -0.1) is 0 Å². The molecule has 0 amide bonds. The number of rotatable bonds is 22. The first-order valence-corrected chi connectivity index (χ1v) is 18.1. The average molecular weight is 691 g/mol. The van der Waals surface area contributed by atoms with Crippen LogP contribution in [-0.2, 0) is 9.47 Å². The number of ether oxygens (including phenoxy) is 4. The van der Waals surface area contributed by atoms with E-state index in [0.29, 0.717) is 17.5 Å². The minimum atomic E-state index is -0.444. The predicted molar refractivity (Wildman–Crippen MR) is 205 cm³/mol. The number of hydrogen-bond donors (Lipinski definition) is 0. The lowest BCUT2D eigenvalue weighted by molar-refractivity contribution is 0.0396. The van der Waals surface area contributed by atoms with E-state index in [1.54, 1.807) is 61.0 Å². The normalized spacial score (nSPS) is 11.2. The molecule has 0 N–H and O–H groups in total. The van der Waals surface area contributed by atoms with Crippen LogP contribution >= 0.6 is 0 Å². The molecular weight excluding hydrogens is 640 g/mol. The Hall–Kier alpha value is -5.24. The largest absolute Gasteiger partial charge is 0.494 e. The maximum atomic E-state index is 12.5. The number of unbranched alkanes of at least 4 members (excludes halogenated alkanes) is 6. The number of hydrogen-bond acceptors (Lipinski definition) is 8. The molecule has 268 valence electrons. The maximum absolute atomic E-state index is 12.5. The molecule has 0 aromatic heterocycles. The summed E-state index contributed by atoms with van der Waals surface area (Å²) in [6.45, 7) is 6.12. The van der Waals surface area contributed by atoms with Crippen LogP contribution in [0.25, 0.3) is 0 Å². The van der Waals surface area contributed by atoms with Crippen LogP contribution in [0.3, 0.4) is 0 Å². The highest BCUT2D eigenvalue weighted by molar-refractivity contribution is 5.91. The average Bonchev–Trinajstić information content (AvgIpc) is 3.17. The summed E-state index contributed by atoms with van der Waals surface area (Å²) in [5.74, 6) is 0.823. The summed E-state index contributed by atoms with van der Waals surface area (Å²) in [4.78, 5) is 33.9. The first kappa shape index (κ1) is 38.6. The van der Waals surface area contributed by atoms with Crippen LogP contribution < -0.4 is 9.47 Å². The Kier molecular flexibility index (Phi) is 17.0. The number of carbonyl (C=O) groups excluding carboxylic acids is 2. The van der Waals surface area contributed by atoms with Crippen molar-refractivity contribution in [2.24, 2.45) is 9.98 Å². The third-order valence-corrected chi connectivity index (χ3v) is 7.98. The van der Waals surface area contributed by atoms with Gasteiger partial charge in [0.15, 0.2) is 0 Å². The van der Waals surface area contributed by atoms with Crippen molar-refractivity contribution in [2.75, 3.05) is 26.4 Å². The molecule has 8 nitrogen and oxygen atoms in total. The molecule has 4 rings (SSSR count). The molecule has 0 saturated carbocycles. The zero-order valence-corrected chi connectivity index (χ0v) is 29.9. The van der Waals surface area contributed by atoms with Crippen molar-refractivity contribution < 1.29 is 28.5 Å². The van der Waals surface area contributed by atoms with Crippen molar-refractivity contribution in [2.45, 2.75) is 71.6 Å². The Morgan fingerprint density at radius 2 is 0.863 bits per heavy atom. The van der Waals surface area contributed by atoms with Gasteiger partial charge < -0.3 is 18.9 Å². The van der Waals surface area contributed by atoms with E-state index < -0.39 is 11.9 Å². The minimum Gasteiger partial charge on any atom is -0.494 e. The van der Waals surface area contributed by atoms with E-state index >= 15 is 0 Å². The number of carbonyl (C=O) groups is 2. The summed E-state index contributed by atoms with van der Waals surface area (Å²) in [5.41, 5.74) is 4.20. The van der Waals surface area contributed by atoms with E-state index in [4.69, 9.17) is 18.9 Å². The topological polar surface area (TPSA) is 95.8 Å². The summed E-state index contributed by atoms with van der Waals surface area (Å²) in [6, 6.07) is 29.4. The van der Waals surface area contributed by atoms with Gasteiger partial charge in [0.25, 0.3) is 0 Å². The zero-order chi connectivity index (χ0) is 35.9. The Balaban J connectivity index is 1.10. The van der Waals surface area contributed by atoms with E-state index in [1.807, 2.05) is 48.5 Å². The summed E-state index contributed by atoms with van der Waals surface area (Å²) in [7, 11) is 0. The SMILES string of the molecule is CCCCCCOc1ccc(C=Nc2ccc(C(=O)OCCCOC(=O)c3ccc(N=Cc4ccc(OCCCCCC)cc4)cc3)cc2)cc1. The second-order valence-electron chi connectivity index (χ2n) is 12.2. The molecule has 0 bridgehead atoms. The molecule has 8 heteroatoms. The van der Waals surface area contributed by atoms with Gasteiger partial charge in [0.05, 0.1) is 48.9 Å². The molecule has 0 saturated heterocycles. The lowest BCUT2D eigenvalue weighted by atomic mass is 10.2. The molecule has 0 atom stereocenters. The summed E-state index contributed by atoms with van der Waals surface area (Å²) in [5, 5.41) is 0. The first-order chi connectivity index (χ1) is 25.0. The van der Waals surface area contributed by atoms with Crippen LogP contribution in [0.1, 0.15) is 103 Å². The van der Waals surface area contributed by atoms with Crippen molar-refractivity contribution in [3.05, 3.63) is 119 Å². The highest BCUT2D eigenvalue weighted by Gasteiger charge is 2.09. The molecule has 0 unspecified atom stereocenters. The van der Waals surface area contributed by atoms with Gasteiger partial charge in [-0.05, 0) is 121 Å². The second-order valence-corrected chi connectivity index (χ2v) is 12.2. The monoisotopic (exact) mass is 690 g/mol. The zero-order valence-electron chi connectivity index (χ0n) is 29.9. The lowest BCUT2D eigenvalue weighted by Gasteiger charge is -2.07. The van der Waals surface area contributed by atoms with E-state index in [0.717, 1.165) is 60.1 Å². The molecule has 0 aliphatic carbocycles. The van der Waals surface area contributed by atoms with Gasteiger partial charge in [-0.1, -0.05) is 52.4 Å². The predicted octanol–water partition coefficient (Wildman–Crippen LogP) is 10.5. The van der Waals surface area contributed by atoms with Gasteiger partial charge in [0.1, 0.15) is 11.5 Å². The molecular formula is C43H50N2O6. The van der Waals surface area contributed by atoms with Crippen molar-refractivity contribution in [3.63, 3.8) is 0 Å². The van der Waals surface area contributed by atoms with Crippen molar-refractivity contribution in [1.82, 2.24) is 0 Å². The van der Waals surface area contributed by atoms with Gasteiger partial charge in [-0.25, -0.2) is 9.59 Å². The Morgan fingerprint density at radius 3 is 1.24 bits per heavy atom. The fourth-order valence-electron chi connectivity index (χ4n) is 4.96. The highest BCUT2D eigenvalue weighted by Crippen LogP contribution is 2.18. The third kappa shape index (κ3) is 14.6. The molecule has 4 aromatic rings. The fourth-order valence-corrected chi connectivity index (χ4v) is 4.96. The van der Waals surface area contributed by atoms with Gasteiger partial charge in [0, 0.05) is 18.9 Å². The molecule has 0 aliphatic heterocycles. The second kappa shape index (κ2) is 22.5. The fraction of sp³-hybridized carbons (Fsp3) is 0.349. The van der Waals surface area contributed by atoms with E-state index in [1.165, 1.54) is 38.5 Å². The van der Waals surface area contributed by atoms with E-state index in [9.17, 15) is 9.59 Å². The molecule has 0 spiro atoms. The summed E-state index contributed by atoms with van der Waals surface area (Å²) in [6.07, 6.45) is 13.3. The van der Waals surface area contributed by atoms with Gasteiger partial charge in [-0.3, -0.25) is 9.98 Å². The molecule has 51 heavy (non-hydrogen) atoms. The summed E-state index contributed by atoms with van der Waals surface area (Å²) >= 11 is 0. The van der Waals surface area contributed by atoms with Crippen LogP contribution in [0.15, 0.2) is 107 Å². The molecule has 4 aromatic carbocycles. The van der Waals surface area contributed by atoms with Gasteiger partial charge in [0.2, 0.25) is 0 Å².